The van der Waals surface area contributed by atoms with Gasteiger partial charge < -0.3 is 10.1 Å². The maximum atomic E-state index is 12.3. The van der Waals surface area contributed by atoms with E-state index >= 15 is 0 Å². The Morgan fingerprint density at radius 2 is 2.16 bits per heavy atom. The van der Waals surface area contributed by atoms with Gasteiger partial charge >= 0.3 is 0 Å². The minimum Gasteiger partial charge on any atom is -0.496 e. The SMILES string of the molecule is COc1ccccc1-c1cc([C@H]2CN3CC[C@H]2C[C@@H]3CNC(=O)c2cccs2)n(C)n1. The number of amides is 1. The van der Waals surface area contributed by atoms with Gasteiger partial charge in [0.15, 0.2) is 0 Å². The van der Waals surface area contributed by atoms with E-state index < -0.39 is 0 Å². The lowest BCUT2D eigenvalue weighted by atomic mass is 9.74. The summed E-state index contributed by atoms with van der Waals surface area (Å²) in [5.41, 5.74) is 3.28. The number of aryl methyl sites for hydroxylation is 1. The van der Waals surface area contributed by atoms with Crippen LogP contribution in [0.4, 0.5) is 0 Å². The predicted molar refractivity (Wildman–Crippen MR) is 123 cm³/mol. The van der Waals surface area contributed by atoms with Crippen molar-refractivity contribution in [2.24, 2.45) is 13.0 Å². The summed E-state index contributed by atoms with van der Waals surface area (Å²) in [4.78, 5) is 15.7. The third kappa shape index (κ3) is 3.88. The van der Waals surface area contributed by atoms with Crippen LogP contribution in [-0.2, 0) is 7.05 Å². The van der Waals surface area contributed by atoms with Gasteiger partial charge in [-0.25, -0.2) is 0 Å². The summed E-state index contributed by atoms with van der Waals surface area (Å²) >= 11 is 1.49. The van der Waals surface area contributed by atoms with Gasteiger partial charge in [-0.15, -0.1) is 11.3 Å². The van der Waals surface area contributed by atoms with Crippen molar-refractivity contribution in [2.75, 3.05) is 26.7 Å². The fourth-order valence-electron chi connectivity index (χ4n) is 5.21. The maximum absolute atomic E-state index is 12.3. The summed E-state index contributed by atoms with van der Waals surface area (Å²) < 4.78 is 7.58. The van der Waals surface area contributed by atoms with E-state index in [4.69, 9.17) is 9.84 Å². The smallest absolute Gasteiger partial charge is 0.261 e. The number of carbonyl (C=O) groups excluding carboxylic acids is 1. The number of hydrogen-bond acceptors (Lipinski definition) is 5. The number of ether oxygens (including phenoxy) is 1. The highest BCUT2D eigenvalue weighted by molar-refractivity contribution is 7.12. The van der Waals surface area contributed by atoms with Crippen LogP contribution < -0.4 is 10.1 Å². The number of nitrogens with one attached hydrogen (secondary N) is 1. The second kappa shape index (κ2) is 8.48. The molecule has 2 aromatic heterocycles. The Morgan fingerprint density at radius 1 is 1.29 bits per heavy atom. The summed E-state index contributed by atoms with van der Waals surface area (Å²) in [5.74, 6) is 1.98. The molecule has 2 bridgehead atoms. The molecular formula is C24H28N4O2S. The Morgan fingerprint density at radius 3 is 2.90 bits per heavy atom. The second-order valence-electron chi connectivity index (χ2n) is 8.51. The van der Waals surface area contributed by atoms with E-state index in [2.05, 4.69) is 22.3 Å². The highest BCUT2D eigenvalue weighted by Gasteiger charge is 2.42. The molecule has 3 saturated heterocycles. The number of piperidine rings is 3. The molecule has 162 valence electrons. The van der Waals surface area contributed by atoms with Crippen LogP contribution in [0.1, 0.15) is 34.1 Å². The zero-order valence-corrected chi connectivity index (χ0v) is 18.8. The Labute approximate surface area is 186 Å². The van der Waals surface area contributed by atoms with Crippen LogP contribution in [0.5, 0.6) is 5.75 Å². The number of hydrogen-bond donors (Lipinski definition) is 1. The Hall–Kier alpha value is -2.64. The number of carbonyl (C=O) groups is 1. The number of benzene rings is 1. The van der Waals surface area contributed by atoms with Gasteiger partial charge in [-0.3, -0.25) is 14.4 Å². The number of para-hydroxylation sites is 1. The molecule has 0 radical (unpaired) electrons. The number of thiophene rings is 1. The van der Waals surface area contributed by atoms with Crippen LogP contribution in [0.15, 0.2) is 47.8 Å². The predicted octanol–water partition coefficient (Wildman–Crippen LogP) is 3.77. The first-order valence-electron chi connectivity index (χ1n) is 10.9. The Bertz CT molecular complexity index is 1060. The summed E-state index contributed by atoms with van der Waals surface area (Å²) in [6.07, 6.45) is 2.32. The van der Waals surface area contributed by atoms with Crippen molar-refractivity contribution in [3.05, 3.63) is 58.4 Å². The van der Waals surface area contributed by atoms with Crippen molar-refractivity contribution in [3.8, 4) is 17.0 Å². The first kappa shape index (κ1) is 20.3. The maximum Gasteiger partial charge on any atom is 0.261 e. The molecule has 0 spiro atoms. The van der Waals surface area contributed by atoms with Crippen LogP contribution in [0, 0.1) is 5.92 Å². The van der Waals surface area contributed by atoms with E-state index in [1.807, 2.05) is 47.4 Å². The first-order chi connectivity index (χ1) is 15.1. The van der Waals surface area contributed by atoms with Gasteiger partial charge in [-0.2, -0.15) is 5.10 Å². The summed E-state index contributed by atoms with van der Waals surface area (Å²) in [7, 11) is 3.75. The molecule has 1 unspecified atom stereocenters. The average molecular weight is 437 g/mol. The molecule has 31 heavy (non-hydrogen) atoms. The molecule has 1 amide bonds. The van der Waals surface area contributed by atoms with E-state index in [1.54, 1.807) is 7.11 Å². The molecule has 7 heteroatoms. The molecule has 0 saturated carbocycles. The van der Waals surface area contributed by atoms with Crippen molar-refractivity contribution in [3.63, 3.8) is 0 Å². The van der Waals surface area contributed by atoms with Crippen LogP contribution >= 0.6 is 11.3 Å². The van der Waals surface area contributed by atoms with Crippen molar-refractivity contribution in [2.45, 2.75) is 24.8 Å². The van der Waals surface area contributed by atoms with Gasteiger partial charge in [0.25, 0.3) is 5.91 Å². The van der Waals surface area contributed by atoms with Gasteiger partial charge in [0.1, 0.15) is 5.75 Å². The molecule has 3 aromatic rings. The van der Waals surface area contributed by atoms with Gasteiger partial charge in [-0.1, -0.05) is 18.2 Å². The molecule has 4 atom stereocenters. The molecule has 3 fully saturated rings. The second-order valence-corrected chi connectivity index (χ2v) is 9.45. The normalized spacial score (nSPS) is 24.8. The van der Waals surface area contributed by atoms with Crippen molar-refractivity contribution in [1.82, 2.24) is 20.0 Å². The van der Waals surface area contributed by atoms with Crippen LogP contribution in [-0.4, -0.2) is 53.4 Å². The van der Waals surface area contributed by atoms with Crippen LogP contribution in [0.25, 0.3) is 11.3 Å². The van der Waals surface area contributed by atoms with E-state index in [1.165, 1.54) is 23.5 Å². The standard InChI is InChI=1S/C24H28N4O2S/c1-27-21(13-20(26-27)18-6-3-4-7-22(18)30-2)19-15-28-10-9-16(19)12-17(28)14-25-24(29)23-8-5-11-31-23/h3-8,11,13,16-17,19H,9-10,12,14-15H2,1-2H3,(H,25,29)/t16-,17+,19-/m0/s1. The van der Waals surface area contributed by atoms with Crippen molar-refractivity contribution >= 4 is 17.2 Å². The summed E-state index contributed by atoms with van der Waals surface area (Å²) in [6.45, 7) is 2.85. The Kier molecular flexibility index (Phi) is 5.54. The molecule has 3 aliphatic rings. The molecule has 0 aliphatic carbocycles. The number of nitrogens with zero attached hydrogens (tertiary/aromatic N) is 3. The van der Waals surface area contributed by atoms with E-state index in [9.17, 15) is 4.79 Å². The van der Waals surface area contributed by atoms with Gasteiger partial charge in [-0.05, 0) is 54.9 Å². The fraction of sp³-hybridized carbons (Fsp3) is 0.417. The summed E-state index contributed by atoms with van der Waals surface area (Å²) in [5, 5.41) is 9.90. The van der Waals surface area contributed by atoms with Crippen LogP contribution in [0.2, 0.25) is 0 Å². The van der Waals surface area contributed by atoms with Gasteiger partial charge in [0.05, 0.1) is 17.7 Å². The molecular weight excluding hydrogens is 408 g/mol. The zero-order chi connectivity index (χ0) is 21.4. The largest absolute Gasteiger partial charge is 0.496 e. The lowest BCUT2D eigenvalue weighted by Gasteiger charge is -2.49. The zero-order valence-electron chi connectivity index (χ0n) is 18.0. The highest BCUT2D eigenvalue weighted by Crippen LogP contribution is 2.42. The first-order valence-corrected chi connectivity index (χ1v) is 11.7. The molecule has 3 aliphatic heterocycles. The molecule has 6 rings (SSSR count). The topological polar surface area (TPSA) is 59.4 Å². The van der Waals surface area contributed by atoms with Crippen LogP contribution in [0.3, 0.4) is 0 Å². The molecule has 6 nitrogen and oxygen atoms in total. The molecule has 1 N–H and O–H groups in total. The molecule has 1 aromatic carbocycles. The van der Waals surface area contributed by atoms with Crippen molar-refractivity contribution < 1.29 is 9.53 Å². The van der Waals surface area contributed by atoms with Crippen molar-refractivity contribution in [1.29, 1.82) is 0 Å². The fourth-order valence-corrected chi connectivity index (χ4v) is 5.85. The monoisotopic (exact) mass is 436 g/mol. The van der Waals surface area contributed by atoms with E-state index in [0.717, 1.165) is 47.9 Å². The minimum atomic E-state index is 0.0438. The van der Waals surface area contributed by atoms with E-state index in [-0.39, 0.29) is 5.91 Å². The third-order valence-electron chi connectivity index (χ3n) is 6.80. The summed E-state index contributed by atoms with van der Waals surface area (Å²) in [6, 6.07) is 14.5. The number of fused-ring (bicyclic) bond motifs is 3. The number of methoxy groups -OCH3 is 1. The Balaban J connectivity index is 1.29. The van der Waals surface area contributed by atoms with Gasteiger partial charge in [0.2, 0.25) is 0 Å². The number of aromatic nitrogens is 2. The minimum absolute atomic E-state index is 0.0438. The lowest BCUT2D eigenvalue weighted by molar-refractivity contribution is 0.0280. The highest BCUT2D eigenvalue weighted by atomic mass is 32.1. The quantitative estimate of drug-likeness (QED) is 0.639. The van der Waals surface area contributed by atoms with E-state index in [0.29, 0.717) is 17.9 Å². The number of rotatable bonds is 6. The average Bonchev–Trinajstić information content (AvgIpc) is 3.48. The third-order valence-corrected chi connectivity index (χ3v) is 7.67. The lowest BCUT2D eigenvalue weighted by Crippen LogP contribution is -2.56. The molecule has 5 heterocycles. The van der Waals surface area contributed by atoms with Gasteiger partial charge in [0, 0.05) is 43.4 Å².